The van der Waals surface area contributed by atoms with Crippen molar-refractivity contribution in [3.05, 3.63) is 30.2 Å². The number of aliphatic hydroxyl groups is 1. The molecule has 0 bridgehead atoms. The number of likely N-dealkylation sites (tertiary alicyclic amines) is 1. The van der Waals surface area contributed by atoms with Crippen LogP contribution in [-0.4, -0.2) is 56.4 Å². The molecule has 2 aromatic heterocycles. The number of methoxy groups -OCH3 is 1. The first-order valence-corrected chi connectivity index (χ1v) is 6.45. The molecule has 3 rings (SSSR count). The molecule has 0 saturated carbocycles. The molecule has 1 aliphatic rings. The summed E-state index contributed by atoms with van der Waals surface area (Å²) in [5, 5.41) is 13.8. The fourth-order valence-corrected chi connectivity index (χ4v) is 2.63. The van der Waals surface area contributed by atoms with Crippen LogP contribution >= 0.6 is 0 Å². The molecule has 7 heteroatoms. The Kier molecular flexibility index (Phi) is 3.37. The van der Waals surface area contributed by atoms with Crippen molar-refractivity contribution in [3.63, 3.8) is 0 Å². The summed E-state index contributed by atoms with van der Waals surface area (Å²) in [6, 6.07) is 3.47. The average molecular weight is 276 g/mol. The third-order valence-corrected chi connectivity index (χ3v) is 3.59. The lowest BCUT2D eigenvalue weighted by Crippen LogP contribution is -2.36. The summed E-state index contributed by atoms with van der Waals surface area (Å²) in [6.07, 6.45) is 3.25. The summed E-state index contributed by atoms with van der Waals surface area (Å²) in [6.45, 7) is 1.04. The first kappa shape index (κ1) is 13.0. The van der Waals surface area contributed by atoms with Crippen molar-refractivity contribution in [2.45, 2.75) is 25.1 Å². The highest BCUT2D eigenvalue weighted by Gasteiger charge is 2.36. The van der Waals surface area contributed by atoms with Crippen LogP contribution in [0.3, 0.4) is 0 Å². The zero-order chi connectivity index (χ0) is 14.1. The van der Waals surface area contributed by atoms with Crippen LogP contribution < -0.4 is 0 Å². The molecule has 2 atom stereocenters. The summed E-state index contributed by atoms with van der Waals surface area (Å²) < 4.78 is 6.47. The van der Waals surface area contributed by atoms with Crippen LogP contribution in [0.25, 0.3) is 5.65 Å². The Morgan fingerprint density at radius 3 is 3.25 bits per heavy atom. The molecule has 2 aromatic rings. The predicted octanol–water partition coefficient (Wildman–Crippen LogP) is -0.163. The fraction of sp³-hybridized carbons (Fsp3) is 0.462. The topological polar surface area (TPSA) is 80.0 Å². The molecular formula is C13H16N4O3. The number of hydrogen-bond acceptors (Lipinski definition) is 6. The summed E-state index contributed by atoms with van der Waals surface area (Å²) in [5.74, 6) is -0.301. The van der Waals surface area contributed by atoms with Gasteiger partial charge in [-0.25, -0.2) is 9.50 Å². The maximum atomic E-state index is 11.7. The number of esters is 1. The van der Waals surface area contributed by atoms with Crippen molar-refractivity contribution in [1.82, 2.24) is 19.5 Å². The number of β-amino-alcohol motifs (C(OH)–C–C–N with tert-alkyl or cyclic N) is 1. The minimum Gasteiger partial charge on any atom is -0.468 e. The normalized spacial score (nSPS) is 23.3. The Bertz CT molecular complexity index is 627. The zero-order valence-corrected chi connectivity index (χ0v) is 11.1. The van der Waals surface area contributed by atoms with Crippen LogP contribution in [0.4, 0.5) is 0 Å². The molecule has 0 aliphatic carbocycles. The SMILES string of the molecule is COC(=O)[C@@H]1C[C@@H](O)CN1Cc1ccn2ncnc2c1. The fourth-order valence-electron chi connectivity index (χ4n) is 2.63. The van der Waals surface area contributed by atoms with Gasteiger partial charge in [-0.15, -0.1) is 0 Å². The molecule has 3 heterocycles. The van der Waals surface area contributed by atoms with Gasteiger partial charge in [0.15, 0.2) is 5.65 Å². The smallest absolute Gasteiger partial charge is 0.323 e. The first-order valence-electron chi connectivity index (χ1n) is 6.45. The standard InChI is InChI=1S/C13H16N4O3/c1-20-13(19)11-5-10(18)7-16(11)6-9-2-3-17-12(4-9)14-8-15-17/h2-4,8,10-11,18H,5-7H2,1H3/t10-,11+/m1/s1. The van der Waals surface area contributed by atoms with E-state index < -0.39 is 6.10 Å². The van der Waals surface area contributed by atoms with E-state index in [4.69, 9.17) is 4.74 Å². The van der Waals surface area contributed by atoms with Crippen molar-refractivity contribution in [2.75, 3.05) is 13.7 Å². The lowest BCUT2D eigenvalue weighted by atomic mass is 10.2. The zero-order valence-electron chi connectivity index (χ0n) is 11.1. The van der Waals surface area contributed by atoms with E-state index in [0.717, 1.165) is 11.2 Å². The Morgan fingerprint density at radius 1 is 1.60 bits per heavy atom. The van der Waals surface area contributed by atoms with Gasteiger partial charge in [0.1, 0.15) is 12.4 Å². The van der Waals surface area contributed by atoms with Crippen molar-refractivity contribution < 1.29 is 14.6 Å². The quantitative estimate of drug-likeness (QED) is 0.785. The average Bonchev–Trinajstić information content (AvgIpc) is 3.04. The van der Waals surface area contributed by atoms with E-state index in [1.165, 1.54) is 13.4 Å². The molecule has 0 amide bonds. The minimum atomic E-state index is -0.490. The van der Waals surface area contributed by atoms with Crippen LogP contribution in [0.1, 0.15) is 12.0 Å². The van der Waals surface area contributed by atoms with Crippen molar-refractivity contribution in [3.8, 4) is 0 Å². The Hall–Kier alpha value is -1.99. The van der Waals surface area contributed by atoms with Crippen molar-refractivity contribution in [1.29, 1.82) is 0 Å². The number of rotatable bonds is 3. The summed E-state index contributed by atoms with van der Waals surface area (Å²) in [7, 11) is 1.37. The predicted molar refractivity (Wildman–Crippen MR) is 69.8 cm³/mol. The van der Waals surface area contributed by atoms with Crippen LogP contribution in [-0.2, 0) is 16.1 Å². The van der Waals surface area contributed by atoms with Crippen LogP contribution in [0, 0.1) is 0 Å². The first-order chi connectivity index (χ1) is 9.67. The number of aliphatic hydroxyl groups excluding tert-OH is 1. The van der Waals surface area contributed by atoms with E-state index >= 15 is 0 Å². The van der Waals surface area contributed by atoms with E-state index in [-0.39, 0.29) is 12.0 Å². The Labute approximate surface area is 115 Å². The van der Waals surface area contributed by atoms with Gasteiger partial charge in [0.2, 0.25) is 0 Å². The largest absolute Gasteiger partial charge is 0.468 e. The highest BCUT2D eigenvalue weighted by Crippen LogP contribution is 2.21. The lowest BCUT2D eigenvalue weighted by Gasteiger charge is -2.21. The number of fused-ring (bicyclic) bond motifs is 1. The second-order valence-electron chi connectivity index (χ2n) is 4.96. The Balaban J connectivity index is 1.79. The molecule has 0 aromatic carbocycles. The number of carbonyl (C=O) groups is 1. The van der Waals surface area contributed by atoms with Crippen LogP contribution in [0.15, 0.2) is 24.7 Å². The van der Waals surface area contributed by atoms with Gasteiger partial charge in [-0.1, -0.05) is 0 Å². The number of aromatic nitrogens is 3. The van der Waals surface area contributed by atoms with Crippen molar-refractivity contribution >= 4 is 11.6 Å². The maximum Gasteiger partial charge on any atom is 0.323 e. The van der Waals surface area contributed by atoms with Crippen LogP contribution in [0.5, 0.6) is 0 Å². The molecule has 1 aliphatic heterocycles. The Morgan fingerprint density at radius 2 is 2.45 bits per heavy atom. The molecule has 1 saturated heterocycles. The number of nitrogens with zero attached hydrogens (tertiary/aromatic N) is 4. The van der Waals surface area contributed by atoms with Gasteiger partial charge in [-0.2, -0.15) is 5.10 Å². The third-order valence-electron chi connectivity index (χ3n) is 3.59. The van der Waals surface area contributed by atoms with Crippen molar-refractivity contribution in [2.24, 2.45) is 0 Å². The van der Waals surface area contributed by atoms with E-state index in [1.54, 1.807) is 4.52 Å². The van der Waals surface area contributed by atoms with Crippen LogP contribution in [0.2, 0.25) is 0 Å². The van der Waals surface area contributed by atoms with E-state index in [2.05, 4.69) is 10.1 Å². The van der Waals surface area contributed by atoms with E-state index in [1.807, 2.05) is 23.2 Å². The van der Waals surface area contributed by atoms with Gasteiger partial charge in [0.05, 0.1) is 13.2 Å². The number of hydrogen-bond donors (Lipinski definition) is 1. The number of ether oxygens (including phenoxy) is 1. The van der Waals surface area contributed by atoms with Gasteiger partial charge in [0.25, 0.3) is 0 Å². The molecule has 1 fully saturated rings. The molecule has 7 nitrogen and oxygen atoms in total. The van der Waals surface area contributed by atoms with Gasteiger partial charge >= 0.3 is 5.97 Å². The summed E-state index contributed by atoms with van der Waals surface area (Å²) in [4.78, 5) is 17.8. The highest BCUT2D eigenvalue weighted by atomic mass is 16.5. The second-order valence-corrected chi connectivity index (χ2v) is 4.96. The van der Waals surface area contributed by atoms with Gasteiger partial charge in [-0.05, 0) is 17.7 Å². The molecule has 0 spiro atoms. The summed E-state index contributed by atoms with van der Waals surface area (Å²) >= 11 is 0. The molecule has 0 radical (unpaired) electrons. The monoisotopic (exact) mass is 276 g/mol. The molecule has 0 unspecified atom stereocenters. The maximum absolute atomic E-state index is 11.7. The summed E-state index contributed by atoms with van der Waals surface area (Å²) in [5.41, 5.74) is 1.78. The lowest BCUT2D eigenvalue weighted by molar-refractivity contribution is -0.146. The highest BCUT2D eigenvalue weighted by molar-refractivity contribution is 5.76. The van der Waals surface area contributed by atoms with Gasteiger partial charge in [0, 0.05) is 25.7 Å². The number of pyridine rings is 1. The molecule has 20 heavy (non-hydrogen) atoms. The third kappa shape index (κ3) is 2.37. The van der Waals surface area contributed by atoms with E-state index in [9.17, 15) is 9.90 Å². The molecule has 106 valence electrons. The van der Waals surface area contributed by atoms with Gasteiger partial charge < -0.3 is 9.84 Å². The van der Waals surface area contributed by atoms with Gasteiger partial charge in [-0.3, -0.25) is 9.69 Å². The van der Waals surface area contributed by atoms with E-state index in [0.29, 0.717) is 19.5 Å². The molecular weight excluding hydrogens is 260 g/mol. The molecule has 1 N–H and O–H groups in total. The second kappa shape index (κ2) is 5.18. The minimum absolute atomic E-state index is 0.301. The number of carbonyl (C=O) groups excluding carboxylic acids is 1.